The SMILES string of the molecule is COc1ccc(C(NC(=O)CSc2n[nH]c(C)n2)C(C)C)cc1. The van der Waals surface area contributed by atoms with Gasteiger partial charge in [-0.2, -0.15) is 0 Å². The predicted octanol–water partition coefficient (Wildman–Crippen LogP) is 2.73. The molecule has 0 aliphatic carbocycles. The van der Waals surface area contributed by atoms with Crippen LogP contribution in [0.3, 0.4) is 0 Å². The number of ether oxygens (including phenoxy) is 1. The molecule has 1 aromatic heterocycles. The standard InChI is InChI=1S/C16H22N4O2S/c1-10(2)15(12-5-7-13(22-4)8-6-12)18-14(21)9-23-16-17-11(3)19-20-16/h5-8,10,15H,9H2,1-4H3,(H,18,21)(H,17,19,20). The number of H-pyrrole nitrogens is 1. The fraction of sp³-hybridized carbons (Fsp3) is 0.438. The van der Waals surface area contributed by atoms with Gasteiger partial charge in [-0.25, -0.2) is 4.98 Å². The molecular formula is C16H22N4O2S. The van der Waals surface area contributed by atoms with E-state index >= 15 is 0 Å². The number of hydrogen-bond donors (Lipinski definition) is 2. The van der Waals surface area contributed by atoms with Gasteiger partial charge in [0.15, 0.2) is 0 Å². The number of rotatable bonds is 7. The number of carbonyl (C=O) groups is 1. The van der Waals surface area contributed by atoms with Crippen LogP contribution in [-0.2, 0) is 4.79 Å². The first kappa shape index (κ1) is 17.3. The third-order valence-electron chi connectivity index (χ3n) is 3.37. The van der Waals surface area contributed by atoms with Crippen LogP contribution in [0.5, 0.6) is 5.75 Å². The Morgan fingerprint density at radius 3 is 2.57 bits per heavy atom. The minimum Gasteiger partial charge on any atom is -0.497 e. The molecule has 0 radical (unpaired) electrons. The molecule has 0 saturated heterocycles. The average molecular weight is 334 g/mol. The summed E-state index contributed by atoms with van der Waals surface area (Å²) >= 11 is 1.32. The first-order valence-corrected chi connectivity index (χ1v) is 8.43. The average Bonchev–Trinajstić information content (AvgIpc) is 2.96. The molecule has 2 N–H and O–H groups in total. The summed E-state index contributed by atoms with van der Waals surface area (Å²) in [5, 5.41) is 10.4. The van der Waals surface area contributed by atoms with Gasteiger partial charge in [0, 0.05) is 0 Å². The summed E-state index contributed by atoms with van der Waals surface area (Å²) in [4.78, 5) is 16.4. The van der Waals surface area contributed by atoms with Crippen LogP contribution in [0.4, 0.5) is 0 Å². The van der Waals surface area contributed by atoms with Gasteiger partial charge in [0.05, 0.1) is 18.9 Å². The van der Waals surface area contributed by atoms with Crippen molar-refractivity contribution in [2.75, 3.05) is 12.9 Å². The van der Waals surface area contributed by atoms with Gasteiger partial charge in [-0.05, 0) is 30.5 Å². The molecule has 1 amide bonds. The minimum absolute atomic E-state index is 0.0352. The van der Waals surface area contributed by atoms with Gasteiger partial charge >= 0.3 is 0 Å². The van der Waals surface area contributed by atoms with Crippen LogP contribution in [0, 0.1) is 12.8 Å². The number of nitrogens with zero attached hydrogens (tertiary/aromatic N) is 2. The summed E-state index contributed by atoms with van der Waals surface area (Å²) in [6, 6.07) is 7.73. The molecule has 0 aliphatic rings. The highest BCUT2D eigenvalue weighted by Crippen LogP contribution is 2.24. The van der Waals surface area contributed by atoms with Crippen molar-refractivity contribution in [3.05, 3.63) is 35.7 Å². The van der Waals surface area contributed by atoms with E-state index in [1.54, 1.807) is 7.11 Å². The second kappa shape index (κ2) is 8.01. The molecule has 1 aromatic carbocycles. The van der Waals surface area contributed by atoms with Gasteiger partial charge in [0.1, 0.15) is 11.6 Å². The van der Waals surface area contributed by atoms with Gasteiger partial charge in [-0.3, -0.25) is 9.89 Å². The van der Waals surface area contributed by atoms with Crippen molar-refractivity contribution in [2.24, 2.45) is 5.92 Å². The number of aromatic nitrogens is 3. The Morgan fingerprint density at radius 2 is 2.04 bits per heavy atom. The normalized spacial score (nSPS) is 12.2. The van der Waals surface area contributed by atoms with E-state index in [1.807, 2.05) is 31.2 Å². The smallest absolute Gasteiger partial charge is 0.230 e. The Hall–Kier alpha value is -2.02. The molecule has 23 heavy (non-hydrogen) atoms. The van der Waals surface area contributed by atoms with E-state index < -0.39 is 0 Å². The van der Waals surface area contributed by atoms with Gasteiger partial charge in [0.25, 0.3) is 0 Å². The van der Waals surface area contributed by atoms with Crippen molar-refractivity contribution in [3.8, 4) is 5.75 Å². The zero-order valence-corrected chi connectivity index (χ0v) is 14.6. The molecule has 0 spiro atoms. The zero-order chi connectivity index (χ0) is 16.8. The lowest BCUT2D eigenvalue weighted by molar-refractivity contribution is -0.119. The number of benzene rings is 1. The Morgan fingerprint density at radius 1 is 1.35 bits per heavy atom. The molecular weight excluding hydrogens is 312 g/mol. The lowest BCUT2D eigenvalue weighted by Gasteiger charge is -2.23. The molecule has 6 nitrogen and oxygen atoms in total. The Balaban J connectivity index is 1.96. The minimum atomic E-state index is -0.0390. The van der Waals surface area contributed by atoms with Crippen molar-refractivity contribution in [1.29, 1.82) is 0 Å². The summed E-state index contributed by atoms with van der Waals surface area (Å²) in [6.07, 6.45) is 0. The summed E-state index contributed by atoms with van der Waals surface area (Å²) in [7, 11) is 1.64. The molecule has 1 atom stereocenters. The first-order valence-electron chi connectivity index (χ1n) is 7.44. The Labute approximate surface area is 140 Å². The molecule has 2 rings (SSSR count). The van der Waals surface area contributed by atoms with E-state index in [-0.39, 0.29) is 23.6 Å². The zero-order valence-electron chi connectivity index (χ0n) is 13.8. The summed E-state index contributed by atoms with van der Waals surface area (Å²) < 4.78 is 5.17. The van der Waals surface area contributed by atoms with E-state index in [0.29, 0.717) is 5.16 Å². The second-order valence-electron chi connectivity index (χ2n) is 5.55. The fourth-order valence-electron chi connectivity index (χ4n) is 2.18. The summed E-state index contributed by atoms with van der Waals surface area (Å²) in [6.45, 7) is 6.00. The lowest BCUT2D eigenvalue weighted by Crippen LogP contribution is -2.33. The molecule has 0 bridgehead atoms. The number of thioether (sulfide) groups is 1. The molecule has 1 heterocycles. The third-order valence-corrected chi connectivity index (χ3v) is 4.21. The highest BCUT2D eigenvalue weighted by molar-refractivity contribution is 7.99. The number of aromatic amines is 1. The van der Waals surface area contributed by atoms with Crippen molar-refractivity contribution < 1.29 is 9.53 Å². The number of nitrogens with one attached hydrogen (secondary N) is 2. The van der Waals surface area contributed by atoms with Crippen LogP contribution < -0.4 is 10.1 Å². The maximum Gasteiger partial charge on any atom is 0.230 e. The van der Waals surface area contributed by atoms with Gasteiger partial charge < -0.3 is 10.1 Å². The quantitative estimate of drug-likeness (QED) is 0.761. The van der Waals surface area contributed by atoms with E-state index in [9.17, 15) is 4.79 Å². The fourth-order valence-corrected chi connectivity index (χ4v) is 2.83. The van der Waals surface area contributed by atoms with Crippen molar-refractivity contribution in [2.45, 2.75) is 32.0 Å². The van der Waals surface area contributed by atoms with Crippen LogP contribution >= 0.6 is 11.8 Å². The maximum atomic E-state index is 12.2. The Kier molecular flexibility index (Phi) is 6.04. The number of carbonyl (C=O) groups excluding carboxylic acids is 1. The monoisotopic (exact) mass is 334 g/mol. The molecule has 0 saturated carbocycles. The van der Waals surface area contributed by atoms with E-state index in [0.717, 1.165) is 17.1 Å². The number of amides is 1. The van der Waals surface area contributed by atoms with Crippen LogP contribution in [0.1, 0.15) is 31.3 Å². The largest absolute Gasteiger partial charge is 0.497 e. The number of hydrogen-bond acceptors (Lipinski definition) is 5. The van der Waals surface area contributed by atoms with E-state index in [2.05, 4.69) is 34.3 Å². The Bertz CT molecular complexity index is 640. The van der Waals surface area contributed by atoms with Crippen molar-refractivity contribution in [1.82, 2.24) is 20.5 Å². The van der Waals surface area contributed by atoms with Crippen LogP contribution in [-0.4, -0.2) is 34.0 Å². The topological polar surface area (TPSA) is 79.9 Å². The predicted molar refractivity (Wildman–Crippen MR) is 90.6 cm³/mol. The molecule has 124 valence electrons. The third kappa shape index (κ3) is 4.99. The van der Waals surface area contributed by atoms with Gasteiger partial charge in [-0.1, -0.05) is 37.7 Å². The highest BCUT2D eigenvalue weighted by Gasteiger charge is 2.18. The van der Waals surface area contributed by atoms with Crippen molar-refractivity contribution >= 4 is 17.7 Å². The molecule has 2 aromatic rings. The number of aryl methyl sites for hydroxylation is 1. The lowest BCUT2D eigenvalue weighted by atomic mass is 9.96. The molecule has 0 fully saturated rings. The maximum absolute atomic E-state index is 12.2. The molecule has 1 unspecified atom stereocenters. The second-order valence-corrected chi connectivity index (χ2v) is 6.50. The van der Waals surface area contributed by atoms with Crippen LogP contribution in [0.15, 0.2) is 29.4 Å². The van der Waals surface area contributed by atoms with Gasteiger partial charge in [-0.15, -0.1) is 5.10 Å². The summed E-state index contributed by atoms with van der Waals surface area (Å²) in [5.41, 5.74) is 1.06. The van der Waals surface area contributed by atoms with E-state index in [4.69, 9.17) is 4.74 Å². The molecule has 0 aliphatic heterocycles. The number of methoxy groups -OCH3 is 1. The first-order chi connectivity index (χ1) is 11.0. The highest BCUT2D eigenvalue weighted by atomic mass is 32.2. The molecule has 7 heteroatoms. The van der Waals surface area contributed by atoms with Gasteiger partial charge in [0.2, 0.25) is 11.1 Å². The van der Waals surface area contributed by atoms with Crippen LogP contribution in [0.2, 0.25) is 0 Å². The summed E-state index contributed by atoms with van der Waals surface area (Å²) in [5.74, 6) is 2.08. The van der Waals surface area contributed by atoms with Crippen molar-refractivity contribution in [3.63, 3.8) is 0 Å². The van der Waals surface area contributed by atoms with E-state index in [1.165, 1.54) is 11.8 Å². The van der Waals surface area contributed by atoms with Crippen LogP contribution in [0.25, 0.3) is 0 Å².